The number of aromatic amines is 1. The van der Waals surface area contributed by atoms with Crippen LogP contribution in [0.4, 0.5) is 5.82 Å². The second-order valence-corrected chi connectivity index (χ2v) is 9.70. The summed E-state index contributed by atoms with van der Waals surface area (Å²) in [6, 6.07) is 12.6. The molecule has 2 aliphatic rings. The molecule has 5 rings (SSSR count). The van der Waals surface area contributed by atoms with Gasteiger partial charge in [-0.25, -0.2) is 0 Å². The SMILES string of the molecule is O=C(NC1CCC(CCN2CCN(c3nsc4ccccc34)CC2)CC1)c1ccc[nH]1. The molecular formula is C24H31N5OS. The lowest BCUT2D eigenvalue weighted by atomic mass is 9.84. The first-order valence-electron chi connectivity index (χ1n) is 11.5. The first kappa shape index (κ1) is 20.5. The van der Waals surface area contributed by atoms with Crippen LogP contribution in [0.3, 0.4) is 0 Å². The molecule has 1 amide bonds. The van der Waals surface area contributed by atoms with Crippen molar-refractivity contribution in [2.24, 2.45) is 5.92 Å². The number of H-pyrrole nitrogens is 1. The van der Waals surface area contributed by atoms with Crippen molar-refractivity contribution < 1.29 is 4.79 Å². The number of nitrogens with one attached hydrogen (secondary N) is 2. The van der Waals surface area contributed by atoms with E-state index in [1.54, 1.807) is 17.7 Å². The molecule has 2 aromatic heterocycles. The smallest absolute Gasteiger partial charge is 0.267 e. The van der Waals surface area contributed by atoms with E-state index in [-0.39, 0.29) is 5.91 Å². The van der Waals surface area contributed by atoms with Gasteiger partial charge in [0, 0.05) is 43.8 Å². The number of amides is 1. The summed E-state index contributed by atoms with van der Waals surface area (Å²) in [7, 11) is 0. The van der Waals surface area contributed by atoms with Gasteiger partial charge in [0.15, 0.2) is 0 Å². The van der Waals surface area contributed by atoms with Crippen LogP contribution in [0.2, 0.25) is 0 Å². The Morgan fingerprint density at radius 2 is 1.87 bits per heavy atom. The van der Waals surface area contributed by atoms with Crippen LogP contribution < -0.4 is 10.2 Å². The van der Waals surface area contributed by atoms with E-state index in [4.69, 9.17) is 4.37 Å². The third-order valence-corrected chi connectivity index (χ3v) is 7.73. The molecule has 164 valence electrons. The van der Waals surface area contributed by atoms with Crippen LogP contribution >= 0.6 is 11.5 Å². The Hall–Kier alpha value is -2.38. The maximum Gasteiger partial charge on any atom is 0.267 e. The molecular weight excluding hydrogens is 406 g/mol. The Bertz CT molecular complexity index is 985. The minimum Gasteiger partial charge on any atom is -0.357 e. The zero-order valence-corrected chi connectivity index (χ0v) is 18.7. The molecule has 7 heteroatoms. The highest BCUT2D eigenvalue weighted by Crippen LogP contribution is 2.30. The molecule has 0 unspecified atom stereocenters. The lowest BCUT2D eigenvalue weighted by molar-refractivity contribution is 0.0915. The number of rotatable bonds is 6. The first-order chi connectivity index (χ1) is 15.3. The van der Waals surface area contributed by atoms with Crippen molar-refractivity contribution in [1.29, 1.82) is 0 Å². The van der Waals surface area contributed by atoms with E-state index < -0.39 is 0 Å². The Morgan fingerprint density at radius 3 is 2.65 bits per heavy atom. The number of carbonyl (C=O) groups excluding carboxylic acids is 1. The average Bonchev–Trinajstić information content (AvgIpc) is 3.49. The number of hydrogen-bond acceptors (Lipinski definition) is 5. The van der Waals surface area contributed by atoms with Crippen molar-refractivity contribution in [3.05, 3.63) is 48.3 Å². The van der Waals surface area contributed by atoms with Crippen molar-refractivity contribution in [1.82, 2.24) is 19.6 Å². The van der Waals surface area contributed by atoms with Crippen LogP contribution in [-0.2, 0) is 0 Å². The molecule has 0 bridgehead atoms. The molecule has 2 fully saturated rings. The van der Waals surface area contributed by atoms with Crippen LogP contribution in [-0.4, -0.2) is 58.9 Å². The number of nitrogens with zero attached hydrogens (tertiary/aromatic N) is 3. The number of hydrogen-bond donors (Lipinski definition) is 2. The molecule has 0 atom stereocenters. The van der Waals surface area contributed by atoms with E-state index in [0.717, 1.165) is 44.9 Å². The van der Waals surface area contributed by atoms with Crippen molar-refractivity contribution in [2.45, 2.75) is 38.1 Å². The van der Waals surface area contributed by atoms with Crippen molar-refractivity contribution in [3.8, 4) is 0 Å². The van der Waals surface area contributed by atoms with Gasteiger partial charge in [-0.05, 0) is 80.4 Å². The second-order valence-electron chi connectivity index (χ2n) is 8.89. The van der Waals surface area contributed by atoms with Gasteiger partial charge >= 0.3 is 0 Å². The topological polar surface area (TPSA) is 64.3 Å². The van der Waals surface area contributed by atoms with Crippen LogP contribution in [0.1, 0.15) is 42.6 Å². The van der Waals surface area contributed by atoms with Crippen molar-refractivity contribution in [2.75, 3.05) is 37.6 Å². The number of fused-ring (bicyclic) bond motifs is 1. The normalized spacial score (nSPS) is 22.6. The lowest BCUT2D eigenvalue weighted by Gasteiger charge is -2.36. The number of piperazine rings is 1. The number of anilines is 1. The quantitative estimate of drug-likeness (QED) is 0.609. The van der Waals surface area contributed by atoms with E-state index in [1.807, 2.05) is 12.1 Å². The van der Waals surface area contributed by atoms with Crippen LogP contribution in [0.25, 0.3) is 10.1 Å². The summed E-state index contributed by atoms with van der Waals surface area (Å²) < 4.78 is 6.00. The summed E-state index contributed by atoms with van der Waals surface area (Å²) in [5, 5.41) is 4.48. The van der Waals surface area contributed by atoms with Gasteiger partial charge in [0.1, 0.15) is 11.5 Å². The summed E-state index contributed by atoms with van der Waals surface area (Å²) in [6.07, 6.45) is 7.71. The van der Waals surface area contributed by atoms with Gasteiger partial charge in [0.2, 0.25) is 0 Å². The van der Waals surface area contributed by atoms with Gasteiger partial charge in [0.05, 0.1) is 4.70 Å². The van der Waals surface area contributed by atoms with Crippen LogP contribution in [0, 0.1) is 5.92 Å². The van der Waals surface area contributed by atoms with E-state index >= 15 is 0 Å². The molecule has 1 aliphatic heterocycles. The summed E-state index contributed by atoms with van der Waals surface area (Å²) in [5.74, 6) is 1.98. The maximum atomic E-state index is 12.2. The fourth-order valence-electron chi connectivity index (χ4n) is 4.98. The fraction of sp³-hybridized carbons (Fsp3) is 0.500. The third kappa shape index (κ3) is 4.77. The highest BCUT2D eigenvalue weighted by atomic mass is 32.1. The van der Waals surface area contributed by atoms with Gasteiger partial charge in [-0.2, -0.15) is 4.37 Å². The summed E-state index contributed by atoms with van der Waals surface area (Å²) in [5.41, 5.74) is 0.659. The van der Waals surface area contributed by atoms with Gasteiger partial charge in [0.25, 0.3) is 5.91 Å². The lowest BCUT2D eigenvalue weighted by Crippen LogP contribution is -2.47. The average molecular weight is 438 g/mol. The minimum atomic E-state index is 0.0270. The van der Waals surface area contributed by atoms with E-state index in [0.29, 0.717) is 11.7 Å². The molecule has 2 N–H and O–H groups in total. The molecule has 31 heavy (non-hydrogen) atoms. The second kappa shape index (κ2) is 9.40. The monoisotopic (exact) mass is 437 g/mol. The Labute approximate surface area is 187 Å². The summed E-state index contributed by atoms with van der Waals surface area (Å²) >= 11 is 1.61. The van der Waals surface area contributed by atoms with E-state index in [1.165, 1.54) is 41.7 Å². The zero-order valence-electron chi connectivity index (χ0n) is 17.9. The highest BCUT2D eigenvalue weighted by molar-refractivity contribution is 7.13. The molecule has 1 saturated heterocycles. The van der Waals surface area contributed by atoms with Crippen LogP contribution in [0.5, 0.6) is 0 Å². The van der Waals surface area contributed by atoms with E-state index in [2.05, 4.69) is 44.4 Å². The molecule has 1 saturated carbocycles. The minimum absolute atomic E-state index is 0.0270. The maximum absolute atomic E-state index is 12.2. The molecule has 6 nitrogen and oxygen atoms in total. The molecule has 3 heterocycles. The molecule has 0 spiro atoms. The van der Waals surface area contributed by atoms with Crippen molar-refractivity contribution in [3.63, 3.8) is 0 Å². The van der Waals surface area contributed by atoms with Crippen molar-refractivity contribution >= 4 is 33.3 Å². The largest absolute Gasteiger partial charge is 0.357 e. The summed E-state index contributed by atoms with van der Waals surface area (Å²) in [4.78, 5) is 20.3. The molecule has 1 aromatic carbocycles. The Morgan fingerprint density at radius 1 is 1.06 bits per heavy atom. The summed E-state index contributed by atoms with van der Waals surface area (Å²) in [6.45, 7) is 5.55. The first-order valence-corrected chi connectivity index (χ1v) is 12.3. The van der Waals surface area contributed by atoms with Gasteiger partial charge in [-0.1, -0.05) is 12.1 Å². The third-order valence-electron chi connectivity index (χ3n) is 6.91. The molecule has 3 aromatic rings. The Kier molecular flexibility index (Phi) is 6.22. The number of aromatic nitrogens is 2. The standard InChI is InChI=1S/C24H31N5OS/c30-24(21-5-3-12-25-21)26-19-9-7-18(8-10-19)11-13-28-14-16-29(17-15-28)23-20-4-1-2-6-22(20)31-27-23/h1-6,12,18-19,25H,7-11,13-17H2,(H,26,30). The van der Waals surface area contributed by atoms with E-state index in [9.17, 15) is 4.79 Å². The fourth-order valence-corrected chi connectivity index (χ4v) is 5.77. The Balaban J connectivity index is 1.03. The highest BCUT2D eigenvalue weighted by Gasteiger charge is 2.25. The molecule has 0 radical (unpaired) electrons. The predicted octanol–water partition coefficient (Wildman–Crippen LogP) is 4.13. The number of benzene rings is 1. The number of carbonyl (C=O) groups is 1. The zero-order chi connectivity index (χ0) is 21.0. The van der Waals surface area contributed by atoms with Gasteiger partial charge in [-0.3, -0.25) is 9.69 Å². The molecule has 1 aliphatic carbocycles. The predicted molar refractivity (Wildman–Crippen MR) is 127 cm³/mol. The van der Waals surface area contributed by atoms with Gasteiger partial charge < -0.3 is 15.2 Å². The van der Waals surface area contributed by atoms with Crippen LogP contribution in [0.15, 0.2) is 42.6 Å². The van der Waals surface area contributed by atoms with Gasteiger partial charge in [-0.15, -0.1) is 0 Å².